The van der Waals surface area contributed by atoms with Crippen molar-refractivity contribution in [2.45, 2.75) is 46.3 Å². The van der Waals surface area contributed by atoms with E-state index in [1.165, 1.54) is 0 Å². The third-order valence-corrected chi connectivity index (χ3v) is 1.89. The number of terminal acetylenes is 1. The Morgan fingerprint density at radius 3 is 2.28 bits per heavy atom. The van der Waals surface area contributed by atoms with E-state index in [2.05, 4.69) is 11.2 Å². The summed E-state index contributed by atoms with van der Waals surface area (Å²) < 4.78 is 9.88. The molecule has 0 unspecified atom stereocenters. The molecule has 0 aromatic heterocycles. The summed E-state index contributed by atoms with van der Waals surface area (Å²) in [6, 6.07) is -0.770. The van der Waals surface area contributed by atoms with E-state index in [-0.39, 0.29) is 12.5 Å². The minimum absolute atomic E-state index is 0.113. The van der Waals surface area contributed by atoms with Gasteiger partial charge in [-0.05, 0) is 26.7 Å². The summed E-state index contributed by atoms with van der Waals surface area (Å²) in [7, 11) is 0. The maximum Gasteiger partial charge on any atom is 0.408 e. The van der Waals surface area contributed by atoms with Gasteiger partial charge in [-0.2, -0.15) is 0 Å². The van der Waals surface area contributed by atoms with Crippen LogP contribution in [0.25, 0.3) is 0 Å². The van der Waals surface area contributed by atoms with Crippen molar-refractivity contribution in [1.29, 1.82) is 0 Å². The Labute approximate surface area is 108 Å². The van der Waals surface area contributed by atoms with Gasteiger partial charge in [0, 0.05) is 0 Å². The summed E-state index contributed by atoms with van der Waals surface area (Å²) in [5.74, 6) is 1.51. The second-order valence-electron chi connectivity index (χ2n) is 5.18. The zero-order chi connectivity index (χ0) is 14.3. The fourth-order valence-corrected chi connectivity index (χ4v) is 1.13. The van der Waals surface area contributed by atoms with Gasteiger partial charge in [-0.1, -0.05) is 19.8 Å². The lowest BCUT2D eigenvalue weighted by Crippen LogP contribution is -2.47. The SMILES string of the molecule is C#CCOC(=O)[C@@H](NC(=O)OC(C)(C)C)C(C)C. The van der Waals surface area contributed by atoms with Crippen LogP contribution in [0, 0.1) is 18.3 Å². The molecule has 5 nitrogen and oxygen atoms in total. The molecule has 0 heterocycles. The first-order valence-corrected chi connectivity index (χ1v) is 5.77. The van der Waals surface area contributed by atoms with Crippen LogP contribution in [-0.4, -0.2) is 30.3 Å². The highest BCUT2D eigenvalue weighted by atomic mass is 16.6. The van der Waals surface area contributed by atoms with Gasteiger partial charge in [0.05, 0.1) is 0 Å². The van der Waals surface area contributed by atoms with Crippen molar-refractivity contribution < 1.29 is 19.1 Å². The topological polar surface area (TPSA) is 64.6 Å². The molecule has 0 aliphatic carbocycles. The van der Waals surface area contributed by atoms with Gasteiger partial charge in [0.1, 0.15) is 11.6 Å². The largest absolute Gasteiger partial charge is 0.451 e. The lowest BCUT2D eigenvalue weighted by molar-refractivity contribution is -0.145. The summed E-state index contributed by atoms with van der Waals surface area (Å²) in [6.07, 6.45) is 4.34. The standard InChI is InChI=1S/C13H21NO4/c1-7-8-17-11(15)10(9(2)3)14-12(16)18-13(4,5)6/h1,9-10H,8H2,2-6H3,(H,14,16)/t10-/m0/s1. The molecule has 0 saturated carbocycles. The molecule has 0 rings (SSSR count). The molecule has 1 atom stereocenters. The van der Waals surface area contributed by atoms with Crippen LogP contribution in [0.3, 0.4) is 0 Å². The lowest BCUT2D eigenvalue weighted by Gasteiger charge is -2.24. The van der Waals surface area contributed by atoms with Crippen LogP contribution < -0.4 is 5.32 Å². The Morgan fingerprint density at radius 1 is 1.33 bits per heavy atom. The van der Waals surface area contributed by atoms with Gasteiger partial charge >= 0.3 is 12.1 Å². The molecule has 18 heavy (non-hydrogen) atoms. The van der Waals surface area contributed by atoms with Gasteiger partial charge in [0.25, 0.3) is 0 Å². The van der Waals surface area contributed by atoms with E-state index in [4.69, 9.17) is 15.9 Å². The highest BCUT2D eigenvalue weighted by Crippen LogP contribution is 2.09. The van der Waals surface area contributed by atoms with Gasteiger partial charge in [0.15, 0.2) is 6.61 Å². The van der Waals surface area contributed by atoms with Gasteiger partial charge in [-0.15, -0.1) is 6.42 Å². The summed E-state index contributed by atoms with van der Waals surface area (Å²) in [4.78, 5) is 23.2. The van der Waals surface area contributed by atoms with Crippen molar-refractivity contribution >= 4 is 12.1 Å². The summed E-state index contributed by atoms with van der Waals surface area (Å²) in [5, 5.41) is 2.48. The zero-order valence-corrected chi connectivity index (χ0v) is 11.6. The minimum atomic E-state index is -0.770. The average Bonchev–Trinajstić information content (AvgIpc) is 2.19. The summed E-state index contributed by atoms with van der Waals surface area (Å²) >= 11 is 0. The highest BCUT2D eigenvalue weighted by Gasteiger charge is 2.27. The van der Waals surface area contributed by atoms with Crippen molar-refractivity contribution in [1.82, 2.24) is 5.32 Å². The first kappa shape index (κ1) is 16.3. The molecule has 1 N–H and O–H groups in total. The average molecular weight is 255 g/mol. The van der Waals surface area contributed by atoms with Crippen LogP contribution in [-0.2, 0) is 14.3 Å². The van der Waals surface area contributed by atoms with E-state index in [0.717, 1.165) is 0 Å². The number of esters is 1. The minimum Gasteiger partial charge on any atom is -0.451 e. The van der Waals surface area contributed by atoms with Crippen LogP contribution in [0.2, 0.25) is 0 Å². The Kier molecular flexibility index (Phi) is 6.24. The number of nitrogens with one attached hydrogen (secondary N) is 1. The van der Waals surface area contributed by atoms with Gasteiger partial charge in [-0.25, -0.2) is 9.59 Å². The molecule has 0 aromatic carbocycles. The molecule has 0 bridgehead atoms. The Morgan fingerprint density at radius 2 is 1.89 bits per heavy atom. The van der Waals surface area contributed by atoms with Gasteiger partial charge in [-0.3, -0.25) is 0 Å². The van der Waals surface area contributed by atoms with E-state index >= 15 is 0 Å². The van der Waals surface area contributed by atoms with Gasteiger partial charge < -0.3 is 14.8 Å². The van der Waals surface area contributed by atoms with Crippen molar-refractivity contribution in [3.8, 4) is 12.3 Å². The molecule has 5 heteroatoms. The predicted molar refractivity (Wildman–Crippen MR) is 67.8 cm³/mol. The third-order valence-electron chi connectivity index (χ3n) is 1.89. The molecule has 0 saturated heterocycles. The Balaban J connectivity index is 4.50. The smallest absolute Gasteiger partial charge is 0.408 e. The number of rotatable bonds is 4. The molecule has 0 aliphatic rings. The molecule has 0 radical (unpaired) electrons. The molecule has 0 fully saturated rings. The number of carbonyl (C=O) groups excluding carboxylic acids is 2. The quantitative estimate of drug-likeness (QED) is 0.613. The van der Waals surface area contributed by atoms with E-state index in [0.29, 0.717) is 0 Å². The first-order valence-electron chi connectivity index (χ1n) is 5.77. The van der Waals surface area contributed by atoms with E-state index < -0.39 is 23.7 Å². The normalized spacial score (nSPS) is 12.5. The monoisotopic (exact) mass is 255 g/mol. The molecular weight excluding hydrogens is 234 g/mol. The first-order chi connectivity index (χ1) is 8.17. The van der Waals surface area contributed by atoms with E-state index in [9.17, 15) is 9.59 Å². The molecule has 102 valence electrons. The van der Waals surface area contributed by atoms with Crippen molar-refractivity contribution in [2.24, 2.45) is 5.92 Å². The van der Waals surface area contributed by atoms with Crippen LogP contribution in [0.4, 0.5) is 4.79 Å². The number of hydrogen-bond acceptors (Lipinski definition) is 4. The zero-order valence-electron chi connectivity index (χ0n) is 11.6. The second kappa shape index (κ2) is 6.90. The summed E-state index contributed by atoms with van der Waals surface area (Å²) in [6.45, 7) is 8.70. The van der Waals surface area contributed by atoms with Crippen molar-refractivity contribution in [3.05, 3.63) is 0 Å². The number of hydrogen-bond donors (Lipinski definition) is 1. The van der Waals surface area contributed by atoms with Crippen LogP contribution in [0.15, 0.2) is 0 Å². The molecule has 0 aliphatic heterocycles. The molecule has 0 aromatic rings. The maximum absolute atomic E-state index is 11.7. The van der Waals surface area contributed by atoms with Crippen LogP contribution >= 0.6 is 0 Å². The second-order valence-corrected chi connectivity index (χ2v) is 5.18. The maximum atomic E-state index is 11.7. The fraction of sp³-hybridized carbons (Fsp3) is 0.692. The fourth-order valence-electron chi connectivity index (χ4n) is 1.13. The van der Waals surface area contributed by atoms with E-state index in [1.54, 1.807) is 34.6 Å². The number of ether oxygens (including phenoxy) is 2. The Bertz CT molecular complexity index is 336. The number of amides is 1. The third kappa shape index (κ3) is 6.79. The summed E-state index contributed by atoms with van der Waals surface area (Å²) in [5.41, 5.74) is -0.617. The van der Waals surface area contributed by atoms with E-state index in [1.807, 2.05) is 0 Å². The van der Waals surface area contributed by atoms with Crippen molar-refractivity contribution in [2.75, 3.05) is 6.61 Å². The van der Waals surface area contributed by atoms with Gasteiger partial charge in [0.2, 0.25) is 0 Å². The number of carbonyl (C=O) groups is 2. The van der Waals surface area contributed by atoms with Crippen molar-refractivity contribution in [3.63, 3.8) is 0 Å². The molecule has 1 amide bonds. The Hall–Kier alpha value is -1.70. The molecule has 0 spiro atoms. The van der Waals surface area contributed by atoms with Crippen LogP contribution in [0.5, 0.6) is 0 Å². The lowest BCUT2D eigenvalue weighted by atomic mass is 10.1. The number of alkyl carbamates (subject to hydrolysis) is 1. The highest BCUT2D eigenvalue weighted by molar-refractivity contribution is 5.81. The predicted octanol–water partition coefficient (Wildman–Crippen LogP) is 1.71. The molecular formula is C13H21NO4. The van der Waals surface area contributed by atoms with Crippen LogP contribution in [0.1, 0.15) is 34.6 Å².